The predicted molar refractivity (Wildman–Crippen MR) is 161 cm³/mol. The van der Waals surface area contributed by atoms with Crippen molar-refractivity contribution in [2.24, 2.45) is 4.99 Å². The van der Waals surface area contributed by atoms with Crippen molar-refractivity contribution in [1.82, 2.24) is 4.57 Å². The summed E-state index contributed by atoms with van der Waals surface area (Å²) in [6, 6.07) is 19.9. The summed E-state index contributed by atoms with van der Waals surface area (Å²) >= 11 is 1.30. The van der Waals surface area contributed by atoms with Gasteiger partial charge in [0.25, 0.3) is 11.5 Å². The molecule has 0 radical (unpaired) electrons. The van der Waals surface area contributed by atoms with Crippen LogP contribution in [0.5, 0.6) is 5.75 Å². The van der Waals surface area contributed by atoms with Gasteiger partial charge in [0.05, 0.1) is 29.0 Å². The summed E-state index contributed by atoms with van der Waals surface area (Å²) in [5.74, 6) is 1.84. The van der Waals surface area contributed by atoms with E-state index in [1.54, 1.807) is 17.8 Å². The molecule has 4 aromatic rings. The van der Waals surface area contributed by atoms with Crippen LogP contribution in [0.4, 0.5) is 11.6 Å². The van der Waals surface area contributed by atoms with Crippen LogP contribution in [0, 0.1) is 0 Å². The van der Waals surface area contributed by atoms with E-state index in [4.69, 9.17) is 14.1 Å². The van der Waals surface area contributed by atoms with Gasteiger partial charge in [-0.1, -0.05) is 54.5 Å². The van der Waals surface area contributed by atoms with Crippen molar-refractivity contribution in [2.45, 2.75) is 38.6 Å². The van der Waals surface area contributed by atoms with Gasteiger partial charge in [-0.25, -0.2) is 4.99 Å². The zero-order valence-corrected chi connectivity index (χ0v) is 23.9. The van der Waals surface area contributed by atoms with E-state index in [9.17, 15) is 9.59 Å². The third kappa shape index (κ3) is 5.50. The van der Waals surface area contributed by atoms with E-state index in [-0.39, 0.29) is 11.5 Å². The first-order valence-corrected chi connectivity index (χ1v) is 14.7. The molecule has 2 aromatic heterocycles. The molecule has 0 spiro atoms. The van der Waals surface area contributed by atoms with Gasteiger partial charge < -0.3 is 19.4 Å². The zero-order valence-electron chi connectivity index (χ0n) is 23.1. The number of fused-ring (bicyclic) bond motifs is 1. The van der Waals surface area contributed by atoms with Gasteiger partial charge in [0.1, 0.15) is 11.5 Å². The highest BCUT2D eigenvalue weighted by Crippen LogP contribution is 2.32. The van der Waals surface area contributed by atoms with Gasteiger partial charge in [-0.05, 0) is 55.7 Å². The van der Waals surface area contributed by atoms with E-state index in [2.05, 4.69) is 10.2 Å². The van der Waals surface area contributed by atoms with E-state index in [0.29, 0.717) is 37.8 Å². The SMILES string of the molecule is COc1ccc(C2C(C(=O)Nc3ccccc3)=C(C)N=c3s/c(=C\c4ccc(N5CCCCCC5)o4)c(=O)n32)cc1. The normalized spacial score (nSPS) is 17.6. The lowest BCUT2D eigenvalue weighted by Crippen LogP contribution is -2.40. The average Bonchev–Trinajstić information content (AvgIpc) is 3.45. The zero-order chi connectivity index (χ0) is 28.3. The number of benzene rings is 2. The summed E-state index contributed by atoms with van der Waals surface area (Å²) in [6.07, 6.45) is 6.56. The molecule has 8 nitrogen and oxygen atoms in total. The van der Waals surface area contributed by atoms with Crippen LogP contribution < -0.4 is 29.8 Å². The summed E-state index contributed by atoms with van der Waals surface area (Å²) < 4.78 is 13.6. The predicted octanol–water partition coefficient (Wildman–Crippen LogP) is 4.86. The monoisotopic (exact) mass is 568 g/mol. The van der Waals surface area contributed by atoms with Crippen LogP contribution in [-0.2, 0) is 4.79 Å². The second-order valence-corrected chi connectivity index (χ2v) is 11.3. The number of allylic oxidation sites excluding steroid dienone is 1. The van der Waals surface area contributed by atoms with Crippen LogP contribution in [0.2, 0.25) is 0 Å². The first-order valence-electron chi connectivity index (χ1n) is 13.9. The summed E-state index contributed by atoms with van der Waals surface area (Å²) in [5.41, 5.74) is 2.21. The Hall–Kier alpha value is -4.37. The number of rotatable bonds is 6. The molecule has 2 aromatic carbocycles. The van der Waals surface area contributed by atoms with Crippen molar-refractivity contribution in [2.75, 3.05) is 30.4 Å². The molecule has 1 N–H and O–H groups in total. The topological polar surface area (TPSA) is 89.1 Å². The molecule has 0 saturated carbocycles. The Morgan fingerprint density at radius 2 is 1.76 bits per heavy atom. The Balaban J connectivity index is 1.42. The highest BCUT2D eigenvalue weighted by molar-refractivity contribution is 7.07. The summed E-state index contributed by atoms with van der Waals surface area (Å²) in [7, 11) is 1.60. The van der Waals surface area contributed by atoms with Crippen molar-refractivity contribution in [3.05, 3.63) is 109 Å². The quantitative estimate of drug-likeness (QED) is 0.359. The number of aromatic nitrogens is 1. The maximum absolute atomic E-state index is 14.0. The molecule has 1 saturated heterocycles. The smallest absolute Gasteiger partial charge is 0.271 e. The Labute approximate surface area is 241 Å². The first kappa shape index (κ1) is 26.8. The van der Waals surface area contributed by atoms with Gasteiger partial charge in [-0.15, -0.1) is 0 Å². The summed E-state index contributed by atoms with van der Waals surface area (Å²) in [4.78, 5) is 35.2. The summed E-state index contributed by atoms with van der Waals surface area (Å²) in [6.45, 7) is 3.77. The molecule has 2 aliphatic rings. The number of ether oxygens (including phenoxy) is 1. The Morgan fingerprint density at radius 1 is 1.02 bits per heavy atom. The molecule has 1 unspecified atom stereocenters. The molecule has 1 fully saturated rings. The number of furan rings is 1. The Kier molecular flexibility index (Phi) is 7.61. The Bertz CT molecular complexity index is 1760. The molecule has 4 heterocycles. The second-order valence-electron chi connectivity index (χ2n) is 10.3. The fourth-order valence-electron chi connectivity index (χ4n) is 5.44. The van der Waals surface area contributed by atoms with Gasteiger partial charge in [-0.3, -0.25) is 14.2 Å². The number of nitrogens with zero attached hydrogens (tertiary/aromatic N) is 3. The molecule has 210 valence electrons. The van der Waals surface area contributed by atoms with E-state index in [0.717, 1.165) is 37.4 Å². The van der Waals surface area contributed by atoms with Gasteiger partial charge in [0.15, 0.2) is 10.7 Å². The summed E-state index contributed by atoms with van der Waals surface area (Å²) in [5, 5.41) is 2.98. The van der Waals surface area contributed by atoms with Crippen molar-refractivity contribution in [1.29, 1.82) is 0 Å². The first-order chi connectivity index (χ1) is 20.0. The lowest BCUT2D eigenvalue weighted by atomic mass is 9.95. The standard InChI is InChI=1S/C32H32N4O4S/c1-21-28(30(37)34-23-10-6-5-7-11-23)29(22-12-14-24(39-2)15-13-22)36-31(38)26(41-32(36)33-21)20-25-16-17-27(40-25)35-18-8-3-4-9-19-35/h5-7,10-17,20,29H,3-4,8-9,18-19H2,1-2H3,(H,34,37)/b26-20-. The molecule has 0 aliphatic carbocycles. The molecule has 41 heavy (non-hydrogen) atoms. The van der Waals surface area contributed by atoms with Crippen LogP contribution in [0.25, 0.3) is 6.08 Å². The van der Waals surface area contributed by atoms with Crippen LogP contribution in [-0.4, -0.2) is 30.7 Å². The number of hydrogen-bond acceptors (Lipinski definition) is 7. The van der Waals surface area contributed by atoms with Crippen LogP contribution in [0.1, 0.15) is 50.0 Å². The van der Waals surface area contributed by atoms with E-state index in [1.165, 1.54) is 24.2 Å². The number of thiazole rings is 1. The lowest BCUT2D eigenvalue weighted by Gasteiger charge is -2.25. The molecule has 6 rings (SSSR count). The van der Waals surface area contributed by atoms with Gasteiger partial charge in [-0.2, -0.15) is 0 Å². The number of anilines is 2. The van der Waals surface area contributed by atoms with Gasteiger partial charge in [0.2, 0.25) is 0 Å². The van der Waals surface area contributed by atoms with Gasteiger partial charge in [0, 0.05) is 30.9 Å². The maximum Gasteiger partial charge on any atom is 0.271 e. The molecular formula is C32H32N4O4S. The third-order valence-electron chi connectivity index (χ3n) is 7.53. The lowest BCUT2D eigenvalue weighted by molar-refractivity contribution is -0.113. The number of para-hydroxylation sites is 1. The number of carbonyl (C=O) groups is 1. The minimum atomic E-state index is -0.660. The van der Waals surface area contributed by atoms with E-state index >= 15 is 0 Å². The highest BCUT2D eigenvalue weighted by atomic mass is 32.1. The van der Waals surface area contributed by atoms with Crippen molar-refractivity contribution in [3.63, 3.8) is 0 Å². The third-order valence-corrected chi connectivity index (χ3v) is 8.52. The average molecular weight is 569 g/mol. The largest absolute Gasteiger partial charge is 0.497 e. The van der Waals surface area contributed by atoms with Gasteiger partial charge >= 0.3 is 0 Å². The number of methoxy groups -OCH3 is 1. The van der Waals surface area contributed by atoms with Crippen molar-refractivity contribution >= 4 is 34.9 Å². The van der Waals surface area contributed by atoms with Crippen LogP contribution in [0.15, 0.2) is 92.2 Å². The molecular weight excluding hydrogens is 536 g/mol. The number of amides is 1. The van der Waals surface area contributed by atoms with Crippen molar-refractivity contribution in [3.8, 4) is 5.75 Å². The molecule has 2 aliphatic heterocycles. The fourth-order valence-corrected chi connectivity index (χ4v) is 6.47. The molecule has 0 bridgehead atoms. The molecule has 9 heteroatoms. The fraction of sp³-hybridized carbons (Fsp3) is 0.281. The van der Waals surface area contributed by atoms with E-state index in [1.807, 2.05) is 73.7 Å². The highest BCUT2D eigenvalue weighted by Gasteiger charge is 2.32. The maximum atomic E-state index is 14.0. The number of nitrogens with one attached hydrogen (secondary N) is 1. The minimum absolute atomic E-state index is 0.222. The molecule has 1 amide bonds. The van der Waals surface area contributed by atoms with Crippen LogP contribution in [0.3, 0.4) is 0 Å². The number of carbonyl (C=O) groups excluding carboxylic acids is 1. The number of hydrogen-bond donors (Lipinski definition) is 1. The Morgan fingerprint density at radius 3 is 2.46 bits per heavy atom. The second kappa shape index (κ2) is 11.6. The minimum Gasteiger partial charge on any atom is -0.497 e. The van der Waals surface area contributed by atoms with Crippen LogP contribution >= 0.6 is 11.3 Å². The molecule has 1 atom stereocenters. The van der Waals surface area contributed by atoms with Crippen molar-refractivity contribution < 1.29 is 13.9 Å². The van der Waals surface area contributed by atoms with E-state index < -0.39 is 6.04 Å².